The van der Waals surface area contributed by atoms with Gasteiger partial charge >= 0.3 is 0 Å². The lowest BCUT2D eigenvalue weighted by Gasteiger charge is -1.98. The van der Waals surface area contributed by atoms with Crippen LogP contribution in [-0.2, 0) is 10.5 Å². The molecule has 0 radical (unpaired) electrons. The monoisotopic (exact) mass is 194 g/mol. The summed E-state index contributed by atoms with van der Waals surface area (Å²) in [6, 6.07) is 7.23. The number of aldehydes is 1. The highest BCUT2D eigenvalue weighted by Gasteiger charge is 1.96. The second-order valence-electron chi connectivity index (χ2n) is 2.64. The standard InChI is InChI=1S/C10H10O2S/c1-8(12)13-7-10-4-2-9(6-11)3-5-10/h2-6H,7H2,1H3. The molecule has 0 saturated carbocycles. The minimum absolute atomic E-state index is 0.111. The number of rotatable bonds is 3. The van der Waals surface area contributed by atoms with Crippen LogP contribution in [0.1, 0.15) is 22.8 Å². The topological polar surface area (TPSA) is 34.1 Å². The Bertz CT molecular complexity index is 303. The van der Waals surface area contributed by atoms with Gasteiger partial charge in [-0.1, -0.05) is 36.0 Å². The molecule has 0 N–H and O–H groups in total. The maximum atomic E-state index is 10.6. The van der Waals surface area contributed by atoms with Gasteiger partial charge in [-0.25, -0.2) is 0 Å². The van der Waals surface area contributed by atoms with Crippen molar-refractivity contribution in [2.45, 2.75) is 12.7 Å². The van der Waals surface area contributed by atoms with Crippen LogP contribution in [0.25, 0.3) is 0 Å². The fourth-order valence-electron chi connectivity index (χ4n) is 0.877. The van der Waals surface area contributed by atoms with Crippen LogP contribution in [0.4, 0.5) is 0 Å². The quantitative estimate of drug-likeness (QED) is 0.692. The molecule has 0 unspecified atom stereocenters. The van der Waals surface area contributed by atoms with Gasteiger partial charge < -0.3 is 0 Å². The van der Waals surface area contributed by atoms with Crippen LogP contribution in [0, 0.1) is 0 Å². The predicted octanol–water partition coefficient (Wildman–Crippen LogP) is 2.28. The van der Waals surface area contributed by atoms with Crippen molar-refractivity contribution < 1.29 is 9.59 Å². The minimum Gasteiger partial charge on any atom is -0.298 e. The molecular formula is C10H10O2S. The van der Waals surface area contributed by atoms with E-state index in [0.717, 1.165) is 11.8 Å². The van der Waals surface area contributed by atoms with E-state index >= 15 is 0 Å². The number of benzene rings is 1. The molecule has 3 heteroatoms. The molecular weight excluding hydrogens is 184 g/mol. The zero-order chi connectivity index (χ0) is 9.68. The highest BCUT2D eigenvalue weighted by atomic mass is 32.2. The third-order valence-corrected chi connectivity index (χ3v) is 2.44. The van der Waals surface area contributed by atoms with Crippen LogP contribution in [0.2, 0.25) is 0 Å². The Labute approximate surface area is 81.3 Å². The van der Waals surface area contributed by atoms with Crippen LogP contribution >= 0.6 is 11.8 Å². The van der Waals surface area contributed by atoms with Gasteiger partial charge in [-0.2, -0.15) is 0 Å². The normalized spacial score (nSPS) is 9.62. The summed E-state index contributed by atoms with van der Waals surface area (Å²) in [4.78, 5) is 21.0. The number of hydrogen-bond donors (Lipinski definition) is 0. The summed E-state index contributed by atoms with van der Waals surface area (Å²) in [6.45, 7) is 1.55. The van der Waals surface area contributed by atoms with Gasteiger partial charge in [-0.15, -0.1) is 0 Å². The first-order valence-corrected chi connectivity index (χ1v) is 4.88. The van der Waals surface area contributed by atoms with Crippen LogP contribution < -0.4 is 0 Å². The molecule has 0 aliphatic heterocycles. The van der Waals surface area contributed by atoms with Crippen LogP contribution in [0.3, 0.4) is 0 Å². The molecule has 13 heavy (non-hydrogen) atoms. The van der Waals surface area contributed by atoms with Crippen LogP contribution in [0.5, 0.6) is 0 Å². The molecule has 0 atom stereocenters. The Kier molecular flexibility index (Phi) is 3.71. The SMILES string of the molecule is CC(=O)SCc1ccc(C=O)cc1. The molecule has 0 heterocycles. The van der Waals surface area contributed by atoms with Crippen molar-refractivity contribution in [3.8, 4) is 0 Å². The molecule has 1 rings (SSSR count). The Morgan fingerprint density at radius 1 is 1.38 bits per heavy atom. The average Bonchev–Trinajstić information content (AvgIpc) is 2.15. The summed E-state index contributed by atoms with van der Waals surface area (Å²) in [5, 5.41) is 0.111. The summed E-state index contributed by atoms with van der Waals surface area (Å²) >= 11 is 1.27. The molecule has 0 aliphatic rings. The van der Waals surface area contributed by atoms with E-state index in [0.29, 0.717) is 11.3 Å². The average molecular weight is 194 g/mol. The molecule has 2 nitrogen and oxygen atoms in total. The molecule has 68 valence electrons. The van der Waals surface area contributed by atoms with Crippen molar-refractivity contribution in [1.29, 1.82) is 0 Å². The van der Waals surface area contributed by atoms with Gasteiger partial charge in [0.15, 0.2) is 5.12 Å². The van der Waals surface area contributed by atoms with Crippen molar-refractivity contribution >= 4 is 23.2 Å². The lowest BCUT2D eigenvalue weighted by molar-refractivity contribution is -0.109. The Balaban J connectivity index is 2.59. The summed E-state index contributed by atoms with van der Waals surface area (Å²) in [7, 11) is 0. The number of carbonyl (C=O) groups excluding carboxylic acids is 2. The van der Waals surface area contributed by atoms with E-state index in [1.165, 1.54) is 11.8 Å². The first-order valence-electron chi connectivity index (χ1n) is 3.90. The minimum atomic E-state index is 0.111. The van der Waals surface area contributed by atoms with Gasteiger partial charge in [0.05, 0.1) is 0 Å². The first-order chi connectivity index (χ1) is 6.22. The summed E-state index contributed by atoms with van der Waals surface area (Å²) in [5.41, 5.74) is 1.72. The lowest BCUT2D eigenvalue weighted by Crippen LogP contribution is -1.86. The molecule has 0 fully saturated rings. The molecule has 0 bridgehead atoms. The van der Waals surface area contributed by atoms with Gasteiger partial charge in [-0.3, -0.25) is 9.59 Å². The van der Waals surface area contributed by atoms with E-state index in [1.54, 1.807) is 19.1 Å². The molecule has 0 spiro atoms. The zero-order valence-electron chi connectivity index (χ0n) is 7.32. The molecule has 1 aromatic carbocycles. The zero-order valence-corrected chi connectivity index (χ0v) is 8.14. The van der Waals surface area contributed by atoms with Crippen LogP contribution in [0.15, 0.2) is 24.3 Å². The van der Waals surface area contributed by atoms with E-state index < -0.39 is 0 Å². The number of carbonyl (C=O) groups is 2. The van der Waals surface area contributed by atoms with E-state index in [-0.39, 0.29) is 5.12 Å². The highest BCUT2D eigenvalue weighted by Crippen LogP contribution is 2.12. The Morgan fingerprint density at radius 2 is 2.00 bits per heavy atom. The van der Waals surface area contributed by atoms with Gasteiger partial charge in [0.1, 0.15) is 6.29 Å². The molecule has 0 aliphatic carbocycles. The van der Waals surface area contributed by atoms with Gasteiger partial charge in [0.25, 0.3) is 0 Å². The smallest absolute Gasteiger partial charge is 0.186 e. The van der Waals surface area contributed by atoms with Crippen molar-refractivity contribution in [3.63, 3.8) is 0 Å². The summed E-state index contributed by atoms with van der Waals surface area (Å²) in [5.74, 6) is 0.675. The first kappa shape index (κ1) is 9.99. The number of thioether (sulfide) groups is 1. The van der Waals surface area contributed by atoms with Gasteiger partial charge in [-0.05, 0) is 5.56 Å². The second kappa shape index (κ2) is 4.82. The third-order valence-electron chi connectivity index (χ3n) is 1.56. The summed E-state index contributed by atoms with van der Waals surface area (Å²) in [6.07, 6.45) is 0.807. The molecule has 0 aromatic heterocycles. The van der Waals surface area contributed by atoms with Crippen molar-refractivity contribution in [2.24, 2.45) is 0 Å². The largest absolute Gasteiger partial charge is 0.298 e. The van der Waals surface area contributed by atoms with Crippen molar-refractivity contribution in [2.75, 3.05) is 0 Å². The van der Waals surface area contributed by atoms with E-state index in [9.17, 15) is 9.59 Å². The molecule has 0 saturated heterocycles. The van der Waals surface area contributed by atoms with Gasteiger partial charge in [0.2, 0.25) is 0 Å². The maximum absolute atomic E-state index is 10.6. The highest BCUT2D eigenvalue weighted by molar-refractivity contribution is 8.12. The van der Waals surface area contributed by atoms with E-state index in [2.05, 4.69) is 0 Å². The predicted molar refractivity (Wildman–Crippen MR) is 53.8 cm³/mol. The number of hydrogen-bond acceptors (Lipinski definition) is 3. The molecule has 0 amide bonds. The van der Waals surface area contributed by atoms with Crippen molar-refractivity contribution in [1.82, 2.24) is 0 Å². The summed E-state index contributed by atoms with van der Waals surface area (Å²) < 4.78 is 0. The second-order valence-corrected chi connectivity index (χ2v) is 3.79. The lowest BCUT2D eigenvalue weighted by atomic mass is 10.2. The fraction of sp³-hybridized carbons (Fsp3) is 0.200. The van der Waals surface area contributed by atoms with Crippen LogP contribution in [-0.4, -0.2) is 11.4 Å². The fourth-order valence-corrected chi connectivity index (χ4v) is 1.44. The van der Waals surface area contributed by atoms with Crippen molar-refractivity contribution in [3.05, 3.63) is 35.4 Å². The Morgan fingerprint density at radius 3 is 2.46 bits per heavy atom. The Hall–Kier alpha value is -1.09. The van der Waals surface area contributed by atoms with Gasteiger partial charge in [0, 0.05) is 18.2 Å². The molecule has 1 aromatic rings. The maximum Gasteiger partial charge on any atom is 0.186 e. The van der Waals surface area contributed by atoms with E-state index in [4.69, 9.17) is 0 Å². The van der Waals surface area contributed by atoms with E-state index in [1.807, 2.05) is 12.1 Å². The third kappa shape index (κ3) is 3.42.